The van der Waals surface area contributed by atoms with E-state index in [2.05, 4.69) is 12.0 Å². The summed E-state index contributed by atoms with van der Waals surface area (Å²) in [6.45, 7) is 3.73. The van der Waals surface area contributed by atoms with Gasteiger partial charge in [-0.1, -0.05) is 13.3 Å². The van der Waals surface area contributed by atoms with E-state index in [9.17, 15) is 13.5 Å². The Hall–Kier alpha value is -1.28. The largest absolute Gasteiger partial charge is 0.391 e. The molecule has 0 aliphatic carbocycles. The van der Waals surface area contributed by atoms with E-state index in [1.54, 1.807) is 4.68 Å². The van der Waals surface area contributed by atoms with Crippen molar-refractivity contribution in [2.24, 2.45) is 0 Å². The summed E-state index contributed by atoms with van der Waals surface area (Å²) in [5.41, 5.74) is 6.00. The molecule has 0 aromatic carbocycles. The van der Waals surface area contributed by atoms with Crippen molar-refractivity contribution >= 4 is 21.5 Å². The van der Waals surface area contributed by atoms with E-state index >= 15 is 0 Å². The molecule has 0 saturated carbocycles. The van der Waals surface area contributed by atoms with Crippen molar-refractivity contribution in [2.75, 3.05) is 30.0 Å². The highest BCUT2D eigenvalue weighted by molar-refractivity contribution is 7.91. The minimum Gasteiger partial charge on any atom is -0.391 e. The molecule has 1 aliphatic rings. The van der Waals surface area contributed by atoms with Crippen molar-refractivity contribution < 1.29 is 13.5 Å². The van der Waals surface area contributed by atoms with Crippen LogP contribution in [0, 0.1) is 0 Å². The smallest absolute Gasteiger partial charge is 0.182 e. The summed E-state index contributed by atoms with van der Waals surface area (Å²) in [5, 5.41) is 14.2. The van der Waals surface area contributed by atoms with E-state index in [-0.39, 0.29) is 10.7 Å². The first kappa shape index (κ1) is 16.1. The maximum absolute atomic E-state index is 12.1. The van der Waals surface area contributed by atoms with Gasteiger partial charge in [0.15, 0.2) is 20.6 Å². The van der Waals surface area contributed by atoms with Gasteiger partial charge in [-0.15, -0.1) is 0 Å². The van der Waals surface area contributed by atoms with Crippen LogP contribution in [0.4, 0.5) is 11.6 Å². The molecule has 1 atom stereocenters. The number of aliphatic hydroxyl groups is 1. The second-order valence-corrected chi connectivity index (χ2v) is 7.58. The zero-order valence-electron chi connectivity index (χ0n) is 12.6. The predicted molar refractivity (Wildman–Crippen MR) is 82.1 cm³/mol. The molecule has 120 valence electrons. The van der Waals surface area contributed by atoms with Gasteiger partial charge in [-0.25, -0.2) is 13.1 Å². The summed E-state index contributed by atoms with van der Waals surface area (Å²) in [6.07, 6.45) is 4.10. The molecule has 1 fully saturated rings. The van der Waals surface area contributed by atoms with Gasteiger partial charge in [-0.3, -0.25) is 0 Å². The summed E-state index contributed by atoms with van der Waals surface area (Å²) in [6, 6.07) is 0. The molecule has 1 aliphatic heterocycles. The predicted octanol–water partition coefficient (Wildman–Crippen LogP) is 0.630. The van der Waals surface area contributed by atoms with Gasteiger partial charge in [0.25, 0.3) is 0 Å². The van der Waals surface area contributed by atoms with Crippen LogP contribution in [0.3, 0.4) is 0 Å². The van der Waals surface area contributed by atoms with E-state index in [0.29, 0.717) is 25.5 Å². The number of hydrogen-bond acceptors (Lipinski definition) is 6. The lowest BCUT2D eigenvalue weighted by atomic mass is 10.1. The number of piperidine rings is 1. The lowest BCUT2D eigenvalue weighted by Crippen LogP contribution is -2.39. The highest BCUT2D eigenvalue weighted by Crippen LogP contribution is 2.32. The Morgan fingerprint density at radius 2 is 2.19 bits per heavy atom. The highest BCUT2D eigenvalue weighted by atomic mass is 32.2. The van der Waals surface area contributed by atoms with Crippen molar-refractivity contribution in [2.45, 2.75) is 50.2 Å². The summed E-state index contributed by atoms with van der Waals surface area (Å²) in [4.78, 5) is 1.91. The molecule has 0 radical (unpaired) electrons. The molecule has 8 heteroatoms. The van der Waals surface area contributed by atoms with Gasteiger partial charge in [0.2, 0.25) is 0 Å². The van der Waals surface area contributed by atoms with Crippen molar-refractivity contribution in [3.8, 4) is 0 Å². The number of aryl methyl sites for hydroxylation is 1. The molecule has 1 unspecified atom stereocenters. The molecule has 7 nitrogen and oxygen atoms in total. The fourth-order valence-corrected chi connectivity index (χ4v) is 3.62. The van der Waals surface area contributed by atoms with E-state index in [4.69, 9.17) is 5.73 Å². The summed E-state index contributed by atoms with van der Waals surface area (Å²) in [7, 11) is -3.47. The minimum absolute atomic E-state index is 0.0905. The number of rotatable bonds is 5. The van der Waals surface area contributed by atoms with Crippen LogP contribution in [0.2, 0.25) is 0 Å². The molecule has 0 amide bonds. The van der Waals surface area contributed by atoms with Gasteiger partial charge < -0.3 is 15.7 Å². The Morgan fingerprint density at radius 1 is 1.48 bits per heavy atom. The van der Waals surface area contributed by atoms with E-state index in [0.717, 1.165) is 31.9 Å². The van der Waals surface area contributed by atoms with E-state index < -0.39 is 15.9 Å². The third-order valence-corrected chi connectivity index (χ3v) is 4.85. The van der Waals surface area contributed by atoms with Crippen LogP contribution in [0.1, 0.15) is 32.6 Å². The zero-order valence-corrected chi connectivity index (χ0v) is 13.4. The van der Waals surface area contributed by atoms with Crippen molar-refractivity contribution in [3.05, 3.63) is 0 Å². The molecule has 21 heavy (non-hydrogen) atoms. The van der Waals surface area contributed by atoms with E-state index in [1.807, 2.05) is 4.90 Å². The summed E-state index contributed by atoms with van der Waals surface area (Å²) >= 11 is 0. The van der Waals surface area contributed by atoms with Crippen molar-refractivity contribution in [3.63, 3.8) is 0 Å². The third-order valence-electron chi connectivity index (χ3n) is 3.72. The number of nitrogen functional groups attached to an aromatic ring is 1. The van der Waals surface area contributed by atoms with Crippen LogP contribution in [-0.2, 0) is 16.4 Å². The number of β-amino-alcohol motifs (C(OH)–C–C–N with tert-alkyl or cyclic N) is 1. The Bertz CT molecular complexity index is 597. The minimum atomic E-state index is -3.47. The SMILES string of the molecule is CCCCn1nc(N2CCCC(O)C2)c(S(C)(=O)=O)c1N. The normalized spacial score (nSPS) is 20.0. The third kappa shape index (κ3) is 3.49. The Labute approximate surface area is 125 Å². The monoisotopic (exact) mass is 316 g/mol. The molecule has 0 spiro atoms. The Balaban J connectivity index is 2.43. The summed E-state index contributed by atoms with van der Waals surface area (Å²) in [5.74, 6) is 0.575. The van der Waals surface area contributed by atoms with Gasteiger partial charge in [0.05, 0.1) is 6.10 Å². The average molecular weight is 316 g/mol. The van der Waals surface area contributed by atoms with Crippen LogP contribution in [0.15, 0.2) is 4.90 Å². The molecule has 0 bridgehead atoms. The second-order valence-electron chi connectivity index (χ2n) is 5.63. The Kier molecular flexibility index (Phi) is 4.77. The van der Waals surface area contributed by atoms with Crippen LogP contribution in [0.25, 0.3) is 0 Å². The molecular formula is C13H24N4O3S. The van der Waals surface area contributed by atoms with Gasteiger partial charge in [-0.2, -0.15) is 5.10 Å². The molecule has 1 aromatic heterocycles. The first-order chi connectivity index (χ1) is 9.84. The van der Waals surface area contributed by atoms with Gasteiger partial charge >= 0.3 is 0 Å². The van der Waals surface area contributed by atoms with Crippen LogP contribution < -0.4 is 10.6 Å². The first-order valence-electron chi connectivity index (χ1n) is 7.34. The average Bonchev–Trinajstić information content (AvgIpc) is 2.73. The summed E-state index contributed by atoms with van der Waals surface area (Å²) < 4.78 is 25.7. The van der Waals surface area contributed by atoms with Crippen LogP contribution in [-0.4, -0.2) is 48.8 Å². The second kappa shape index (κ2) is 6.23. The number of sulfone groups is 1. The number of unbranched alkanes of at least 4 members (excludes halogenated alkanes) is 1. The molecule has 2 heterocycles. The topological polar surface area (TPSA) is 101 Å². The number of nitrogens with two attached hydrogens (primary N) is 1. The molecule has 1 aromatic rings. The van der Waals surface area contributed by atoms with Gasteiger partial charge in [-0.05, 0) is 19.3 Å². The van der Waals surface area contributed by atoms with Crippen LogP contribution >= 0.6 is 0 Å². The maximum atomic E-state index is 12.1. The number of anilines is 2. The lowest BCUT2D eigenvalue weighted by Gasteiger charge is -2.30. The number of aromatic nitrogens is 2. The number of nitrogens with zero attached hydrogens (tertiary/aromatic N) is 3. The van der Waals surface area contributed by atoms with Gasteiger partial charge in [0, 0.05) is 25.9 Å². The first-order valence-corrected chi connectivity index (χ1v) is 9.23. The molecule has 3 N–H and O–H groups in total. The maximum Gasteiger partial charge on any atom is 0.182 e. The van der Waals surface area contributed by atoms with E-state index in [1.165, 1.54) is 0 Å². The quantitative estimate of drug-likeness (QED) is 0.826. The van der Waals surface area contributed by atoms with Crippen LogP contribution in [0.5, 0.6) is 0 Å². The lowest BCUT2D eigenvalue weighted by molar-refractivity contribution is 0.153. The number of aliphatic hydroxyl groups excluding tert-OH is 1. The zero-order chi connectivity index (χ0) is 15.6. The molecule has 1 saturated heterocycles. The van der Waals surface area contributed by atoms with Crippen molar-refractivity contribution in [1.82, 2.24) is 9.78 Å². The molecule has 2 rings (SSSR count). The molecular weight excluding hydrogens is 292 g/mol. The van der Waals surface area contributed by atoms with Crippen molar-refractivity contribution in [1.29, 1.82) is 0 Å². The standard InChI is InChI=1S/C13H24N4O3S/c1-3-4-8-17-12(14)11(21(2,19)20)13(15-17)16-7-5-6-10(18)9-16/h10,18H,3-9,14H2,1-2H3. The Morgan fingerprint density at radius 3 is 2.76 bits per heavy atom. The van der Waals surface area contributed by atoms with Gasteiger partial charge in [0.1, 0.15) is 5.82 Å². The highest BCUT2D eigenvalue weighted by Gasteiger charge is 2.30. The fraction of sp³-hybridized carbons (Fsp3) is 0.769. The number of hydrogen-bond donors (Lipinski definition) is 2. The fourth-order valence-electron chi connectivity index (χ4n) is 2.63.